The molecule has 3 aromatic rings. The number of benzene rings is 2. The molecular formula is C26H22N2O8. The molecule has 0 radical (unpaired) electrons. The Hall–Kier alpha value is -4.73. The number of hydrogen-bond donors (Lipinski definition) is 0. The Morgan fingerprint density at radius 1 is 0.917 bits per heavy atom. The summed E-state index contributed by atoms with van der Waals surface area (Å²) < 4.78 is 15.3. The molecule has 0 N–H and O–H groups in total. The number of esters is 2. The molecule has 10 heteroatoms. The Morgan fingerprint density at radius 2 is 1.67 bits per heavy atom. The molecule has 0 atom stereocenters. The van der Waals surface area contributed by atoms with Crippen molar-refractivity contribution in [3.63, 3.8) is 0 Å². The Balaban J connectivity index is 1.44. The fourth-order valence-corrected chi connectivity index (χ4v) is 3.68. The molecular weight excluding hydrogens is 468 g/mol. The molecule has 0 unspecified atom stereocenters. The van der Waals surface area contributed by atoms with E-state index >= 15 is 0 Å². The second-order valence-corrected chi connectivity index (χ2v) is 7.73. The van der Waals surface area contributed by atoms with Crippen molar-refractivity contribution < 1.29 is 37.9 Å². The topological polar surface area (TPSA) is 123 Å². The first-order valence-corrected chi connectivity index (χ1v) is 11.1. The zero-order valence-corrected chi connectivity index (χ0v) is 19.3. The van der Waals surface area contributed by atoms with Crippen molar-refractivity contribution in [2.24, 2.45) is 0 Å². The van der Waals surface area contributed by atoms with Gasteiger partial charge in [0.15, 0.2) is 6.61 Å². The standard InChI is InChI=1S/C26H22N2O8/c1-2-34-23(30)15-27(18-7-4-3-5-8-18)22(29)16-36-26(33)17-10-11-20-21(13-17)25(32)28(24(20)31)14-19-9-6-12-35-19/h3-13H,2,14-16H2,1H3. The molecule has 184 valence electrons. The summed E-state index contributed by atoms with van der Waals surface area (Å²) in [6, 6.07) is 15.7. The summed E-state index contributed by atoms with van der Waals surface area (Å²) in [6.45, 7) is 0.767. The molecule has 4 rings (SSSR count). The summed E-state index contributed by atoms with van der Waals surface area (Å²) in [6.07, 6.45) is 1.44. The van der Waals surface area contributed by atoms with Crippen LogP contribution in [0.1, 0.15) is 43.8 Å². The molecule has 36 heavy (non-hydrogen) atoms. The molecule has 1 aliphatic rings. The molecule has 1 aliphatic heterocycles. The van der Waals surface area contributed by atoms with E-state index in [-0.39, 0.29) is 36.4 Å². The number of carbonyl (C=O) groups is 5. The van der Waals surface area contributed by atoms with Gasteiger partial charge in [0.05, 0.1) is 36.1 Å². The van der Waals surface area contributed by atoms with Gasteiger partial charge < -0.3 is 13.9 Å². The van der Waals surface area contributed by atoms with E-state index in [0.717, 1.165) is 9.80 Å². The third kappa shape index (κ3) is 5.17. The lowest BCUT2D eigenvalue weighted by atomic mass is 10.1. The van der Waals surface area contributed by atoms with Gasteiger partial charge in [-0.25, -0.2) is 4.79 Å². The number of hydrogen-bond acceptors (Lipinski definition) is 8. The van der Waals surface area contributed by atoms with Crippen LogP contribution in [0.5, 0.6) is 0 Å². The Morgan fingerprint density at radius 3 is 2.36 bits per heavy atom. The summed E-state index contributed by atoms with van der Waals surface area (Å²) in [5.74, 6) is -2.74. The molecule has 0 spiro atoms. The molecule has 2 aromatic carbocycles. The van der Waals surface area contributed by atoms with Crippen LogP contribution in [0.25, 0.3) is 0 Å². The minimum atomic E-state index is -0.861. The second kappa shape index (κ2) is 10.7. The van der Waals surface area contributed by atoms with Gasteiger partial charge in [0.25, 0.3) is 17.7 Å². The Bertz CT molecular complexity index is 1300. The average molecular weight is 490 g/mol. The Labute approximate surface area is 206 Å². The summed E-state index contributed by atoms with van der Waals surface area (Å²) in [4.78, 5) is 65.1. The molecule has 10 nitrogen and oxygen atoms in total. The number of imide groups is 1. The Kier molecular flexibility index (Phi) is 7.24. The minimum Gasteiger partial charge on any atom is -0.467 e. The first kappa shape index (κ1) is 24.4. The molecule has 0 saturated heterocycles. The van der Waals surface area contributed by atoms with Crippen LogP contribution in [0.3, 0.4) is 0 Å². The van der Waals surface area contributed by atoms with Gasteiger partial charge in [0, 0.05) is 5.69 Å². The summed E-state index contributed by atoms with van der Waals surface area (Å²) in [5.41, 5.74) is 0.647. The van der Waals surface area contributed by atoms with Crippen LogP contribution < -0.4 is 4.90 Å². The number of para-hydroxylation sites is 1. The van der Waals surface area contributed by atoms with E-state index < -0.39 is 36.3 Å². The highest BCUT2D eigenvalue weighted by molar-refractivity contribution is 6.21. The fourth-order valence-electron chi connectivity index (χ4n) is 3.68. The van der Waals surface area contributed by atoms with E-state index in [4.69, 9.17) is 13.9 Å². The highest BCUT2D eigenvalue weighted by Crippen LogP contribution is 2.26. The van der Waals surface area contributed by atoms with Crippen LogP contribution in [0.4, 0.5) is 5.69 Å². The van der Waals surface area contributed by atoms with E-state index in [1.54, 1.807) is 49.4 Å². The second-order valence-electron chi connectivity index (χ2n) is 7.73. The van der Waals surface area contributed by atoms with Crippen molar-refractivity contribution in [2.75, 3.05) is 24.7 Å². The van der Waals surface area contributed by atoms with E-state index in [0.29, 0.717) is 11.4 Å². The molecule has 0 aliphatic carbocycles. The summed E-state index contributed by atoms with van der Waals surface area (Å²) in [5, 5.41) is 0. The highest BCUT2D eigenvalue weighted by Gasteiger charge is 2.36. The molecule has 0 fully saturated rings. The third-order valence-corrected chi connectivity index (χ3v) is 5.39. The van der Waals surface area contributed by atoms with Crippen LogP contribution in [-0.4, -0.2) is 54.3 Å². The molecule has 0 saturated carbocycles. The maximum atomic E-state index is 12.8. The highest BCUT2D eigenvalue weighted by atomic mass is 16.5. The molecule has 0 bridgehead atoms. The predicted molar refractivity (Wildman–Crippen MR) is 125 cm³/mol. The van der Waals surface area contributed by atoms with Crippen LogP contribution in [0, 0.1) is 0 Å². The first-order chi connectivity index (χ1) is 17.4. The number of anilines is 1. The lowest BCUT2D eigenvalue weighted by molar-refractivity contribution is -0.142. The van der Waals surface area contributed by atoms with Crippen molar-refractivity contribution >= 4 is 35.3 Å². The number of rotatable bonds is 9. The number of fused-ring (bicyclic) bond motifs is 1. The number of amides is 3. The van der Waals surface area contributed by atoms with Gasteiger partial charge in [-0.3, -0.25) is 29.0 Å². The van der Waals surface area contributed by atoms with Crippen molar-refractivity contribution in [3.8, 4) is 0 Å². The SMILES string of the molecule is CCOC(=O)CN(C(=O)COC(=O)c1ccc2c(c1)C(=O)N(Cc1ccco1)C2=O)c1ccccc1. The predicted octanol–water partition coefficient (Wildman–Crippen LogP) is 2.83. The van der Waals surface area contributed by atoms with Gasteiger partial charge in [0.2, 0.25) is 0 Å². The van der Waals surface area contributed by atoms with Crippen LogP contribution in [0.2, 0.25) is 0 Å². The summed E-state index contributed by atoms with van der Waals surface area (Å²) in [7, 11) is 0. The largest absolute Gasteiger partial charge is 0.467 e. The fraction of sp³-hybridized carbons (Fsp3) is 0.192. The van der Waals surface area contributed by atoms with E-state index in [1.807, 2.05) is 0 Å². The zero-order valence-electron chi connectivity index (χ0n) is 19.3. The quantitative estimate of drug-likeness (QED) is 0.331. The number of furan rings is 1. The maximum absolute atomic E-state index is 12.8. The van der Waals surface area contributed by atoms with Gasteiger partial charge in [-0.05, 0) is 49.4 Å². The van der Waals surface area contributed by atoms with Gasteiger partial charge in [-0.15, -0.1) is 0 Å². The van der Waals surface area contributed by atoms with Crippen molar-refractivity contribution in [1.82, 2.24) is 4.90 Å². The lowest BCUT2D eigenvalue weighted by Crippen LogP contribution is -2.39. The van der Waals surface area contributed by atoms with Crippen molar-refractivity contribution in [1.29, 1.82) is 0 Å². The smallest absolute Gasteiger partial charge is 0.338 e. The zero-order chi connectivity index (χ0) is 25.7. The van der Waals surface area contributed by atoms with Crippen LogP contribution >= 0.6 is 0 Å². The number of ether oxygens (including phenoxy) is 2. The minimum absolute atomic E-state index is 0.000738. The van der Waals surface area contributed by atoms with Crippen molar-refractivity contribution in [2.45, 2.75) is 13.5 Å². The van der Waals surface area contributed by atoms with E-state index in [2.05, 4.69) is 0 Å². The molecule has 1 aromatic heterocycles. The van der Waals surface area contributed by atoms with Gasteiger partial charge in [0.1, 0.15) is 12.3 Å². The van der Waals surface area contributed by atoms with E-state index in [9.17, 15) is 24.0 Å². The van der Waals surface area contributed by atoms with Gasteiger partial charge in [-0.1, -0.05) is 18.2 Å². The summed E-state index contributed by atoms with van der Waals surface area (Å²) >= 11 is 0. The maximum Gasteiger partial charge on any atom is 0.338 e. The number of carbonyl (C=O) groups excluding carboxylic acids is 5. The van der Waals surface area contributed by atoms with Gasteiger partial charge in [-0.2, -0.15) is 0 Å². The van der Waals surface area contributed by atoms with E-state index in [1.165, 1.54) is 24.5 Å². The monoisotopic (exact) mass is 490 g/mol. The van der Waals surface area contributed by atoms with Crippen LogP contribution in [0.15, 0.2) is 71.3 Å². The molecule has 2 heterocycles. The first-order valence-electron chi connectivity index (χ1n) is 11.1. The van der Waals surface area contributed by atoms with Crippen molar-refractivity contribution in [3.05, 3.63) is 89.4 Å². The van der Waals surface area contributed by atoms with Gasteiger partial charge >= 0.3 is 11.9 Å². The third-order valence-electron chi connectivity index (χ3n) is 5.39. The normalized spacial score (nSPS) is 12.3. The molecule has 3 amide bonds. The number of nitrogens with zero attached hydrogens (tertiary/aromatic N) is 2. The lowest BCUT2D eigenvalue weighted by Gasteiger charge is -2.21. The van der Waals surface area contributed by atoms with Crippen LogP contribution in [-0.2, 0) is 25.6 Å². The average Bonchev–Trinajstić information content (AvgIpc) is 3.49.